The van der Waals surface area contributed by atoms with Gasteiger partial charge in [-0.05, 0) is 67.0 Å². The van der Waals surface area contributed by atoms with Crippen molar-refractivity contribution in [2.45, 2.75) is 44.1 Å². The summed E-state index contributed by atoms with van der Waals surface area (Å²) in [7, 11) is 0. The standard InChI is InChI=1S/C30H31NO3/c32-29(17-24-14-8-16-34-24)27-19-28(30(33)22-11-5-2-6-12-22)25(21-9-3-1-4-10-21)18-26(27)23-13-7-15-31-20-23/h1-6,9-12,18-19,23-24,31H,7-8,13-17,20H2. The van der Waals surface area contributed by atoms with Gasteiger partial charge in [0.15, 0.2) is 11.6 Å². The van der Waals surface area contributed by atoms with Crippen LogP contribution in [0.4, 0.5) is 0 Å². The third kappa shape index (κ3) is 4.89. The summed E-state index contributed by atoms with van der Waals surface area (Å²) in [6, 6.07) is 23.4. The molecule has 0 aliphatic carbocycles. The lowest BCUT2D eigenvalue weighted by Crippen LogP contribution is -2.29. The van der Waals surface area contributed by atoms with Crippen molar-refractivity contribution in [3.63, 3.8) is 0 Å². The molecule has 5 rings (SSSR count). The fraction of sp³-hybridized carbons (Fsp3) is 0.333. The summed E-state index contributed by atoms with van der Waals surface area (Å²) in [4.78, 5) is 27.3. The second-order valence-corrected chi connectivity index (χ2v) is 9.35. The number of hydrogen-bond donors (Lipinski definition) is 1. The van der Waals surface area contributed by atoms with E-state index in [2.05, 4.69) is 11.4 Å². The van der Waals surface area contributed by atoms with Crippen LogP contribution in [0.2, 0.25) is 0 Å². The van der Waals surface area contributed by atoms with Crippen LogP contribution in [0.25, 0.3) is 11.1 Å². The maximum Gasteiger partial charge on any atom is 0.193 e. The molecular formula is C30H31NO3. The number of Topliss-reactive ketones (excluding diaryl/α,β-unsaturated/α-hetero) is 1. The van der Waals surface area contributed by atoms with E-state index in [1.807, 2.05) is 66.7 Å². The molecule has 174 valence electrons. The SMILES string of the molecule is O=C(c1ccccc1)c1cc(C(=O)CC2CCCO2)c(C2CCCNC2)cc1-c1ccccc1. The quantitative estimate of drug-likeness (QED) is 0.459. The van der Waals surface area contributed by atoms with Crippen molar-refractivity contribution < 1.29 is 14.3 Å². The molecule has 0 spiro atoms. The molecule has 3 aromatic carbocycles. The first kappa shape index (κ1) is 22.7. The first-order chi connectivity index (χ1) is 16.7. The highest BCUT2D eigenvalue weighted by molar-refractivity contribution is 6.14. The van der Waals surface area contributed by atoms with Crippen molar-refractivity contribution in [2.75, 3.05) is 19.7 Å². The zero-order chi connectivity index (χ0) is 23.3. The predicted molar refractivity (Wildman–Crippen MR) is 135 cm³/mol. The van der Waals surface area contributed by atoms with E-state index in [0.29, 0.717) is 23.1 Å². The number of carbonyl (C=O) groups excluding carboxylic acids is 2. The van der Waals surface area contributed by atoms with E-state index >= 15 is 0 Å². The molecule has 2 heterocycles. The monoisotopic (exact) mass is 453 g/mol. The number of carbonyl (C=O) groups is 2. The third-order valence-electron chi connectivity index (χ3n) is 7.03. The zero-order valence-corrected chi connectivity index (χ0v) is 19.5. The van der Waals surface area contributed by atoms with Crippen molar-refractivity contribution in [2.24, 2.45) is 0 Å². The van der Waals surface area contributed by atoms with Crippen LogP contribution >= 0.6 is 0 Å². The summed E-state index contributed by atoms with van der Waals surface area (Å²) in [5.74, 6) is 0.272. The number of ether oxygens (including phenoxy) is 1. The topological polar surface area (TPSA) is 55.4 Å². The Morgan fingerprint density at radius 3 is 2.32 bits per heavy atom. The lowest BCUT2D eigenvalue weighted by atomic mass is 9.81. The fourth-order valence-electron chi connectivity index (χ4n) is 5.22. The van der Waals surface area contributed by atoms with Gasteiger partial charge in [0.1, 0.15) is 0 Å². The van der Waals surface area contributed by atoms with Crippen molar-refractivity contribution >= 4 is 11.6 Å². The van der Waals surface area contributed by atoms with Crippen LogP contribution in [0.1, 0.15) is 69.9 Å². The molecule has 4 heteroatoms. The Balaban J connectivity index is 1.65. The Bertz CT molecular complexity index is 1140. The first-order valence-electron chi connectivity index (χ1n) is 12.4. The Labute approximate surface area is 201 Å². The van der Waals surface area contributed by atoms with Crippen LogP contribution in [0.3, 0.4) is 0 Å². The Morgan fingerprint density at radius 2 is 1.65 bits per heavy atom. The van der Waals surface area contributed by atoms with Crippen molar-refractivity contribution in [1.82, 2.24) is 5.32 Å². The molecule has 2 saturated heterocycles. The molecule has 0 aromatic heterocycles. The number of ketones is 2. The van der Waals surface area contributed by atoms with Gasteiger partial charge in [0.2, 0.25) is 0 Å². The molecule has 2 fully saturated rings. The molecule has 2 atom stereocenters. The highest BCUT2D eigenvalue weighted by atomic mass is 16.5. The van der Waals surface area contributed by atoms with E-state index in [9.17, 15) is 9.59 Å². The van der Waals surface area contributed by atoms with Crippen LogP contribution in [-0.4, -0.2) is 37.4 Å². The number of hydrogen-bond acceptors (Lipinski definition) is 4. The first-order valence-corrected chi connectivity index (χ1v) is 12.4. The Kier molecular flexibility index (Phi) is 6.98. The second kappa shape index (κ2) is 10.5. The van der Waals surface area contributed by atoms with Crippen molar-refractivity contribution in [3.8, 4) is 11.1 Å². The van der Waals surface area contributed by atoms with Gasteiger partial charge in [0.25, 0.3) is 0 Å². The van der Waals surface area contributed by atoms with Gasteiger partial charge in [-0.1, -0.05) is 60.7 Å². The second-order valence-electron chi connectivity index (χ2n) is 9.35. The van der Waals surface area contributed by atoms with E-state index in [1.165, 1.54) is 0 Å². The average molecular weight is 454 g/mol. The largest absolute Gasteiger partial charge is 0.378 e. The van der Waals surface area contributed by atoms with Crippen LogP contribution < -0.4 is 5.32 Å². The molecule has 34 heavy (non-hydrogen) atoms. The maximum atomic E-state index is 13.7. The van der Waals surface area contributed by atoms with E-state index in [0.717, 1.165) is 62.1 Å². The van der Waals surface area contributed by atoms with Gasteiger partial charge in [-0.15, -0.1) is 0 Å². The van der Waals surface area contributed by atoms with E-state index in [4.69, 9.17) is 4.74 Å². The Morgan fingerprint density at radius 1 is 0.882 bits per heavy atom. The summed E-state index contributed by atoms with van der Waals surface area (Å²) < 4.78 is 5.77. The third-order valence-corrected chi connectivity index (χ3v) is 7.03. The highest BCUT2D eigenvalue weighted by Crippen LogP contribution is 2.35. The van der Waals surface area contributed by atoms with Gasteiger partial charge in [0, 0.05) is 36.3 Å². The maximum absolute atomic E-state index is 13.7. The lowest BCUT2D eigenvalue weighted by molar-refractivity contribution is 0.0774. The molecule has 0 saturated carbocycles. The van der Waals surface area contributed by atoms with Crippen molar-refractivity contribution in [3.05, 3.63) is 95.1 Å². The van der Waals surface area contributed by atoms with Crippen LogP contribution in [0, 0.1) is 0 Å². The fourth-order valence-corrected chi connectivity index (χ4v) is 5.22. The van der Waals surface area contributed by atoms with Crippen LogP contribution in [0.5, 0.6) is 0 Å². The summed E-state index contributed by atoms with van der Waals surface area (Å²) in [5.41, 5.74) is 4.83. The zero-order valence-electron chi connectivity index (χ0n) is 19.5. The molecule has 0 bridgehead atoms. The van der Waals surface area contributed by atoms with Gasteiger partial charge in [-0.2, -0.15) is 0 Å². The average Bonchev–Trinajstić information content (AvgIpc) is 3.42. The summed E-state index contributed by atoms with van der Waals surface area (Å²) >= 11 is 0. The van der Waals surface area contributed by atoms with Gasteiger partial charge >= 0.3 is 0 Å². The number of nitrogens with one attached hydrogen (secondary N) is 1. The van der Waals surface area contributed by atoms with E-state index < -0.39 is 0 Å². The van der Waals surface area contributed by atoms with Crippen molar-refractivity contribution in [1.29, 1.82) is 0 Å². The van der Waals surface area contributed by atoms with E-state index in [1.54, 1.807) is 0 Å². The normalized spacial score (nSPS) is 20.2. The van der Waals surface area contributed by atoms with E-state index in [-0.39, 0.29) is 23.6 Å². The van der Waals surface area contributed by atoms with Crippen LogP contribution in [0.15, 0.2) is 72.8 Å². The molecule has 0 amide bonds. The molecule has 2 aliphatic rings. The highest BCUT2D eigenvalue weighted by Gasteiger charge is 2.28. The smallest absolute Gasteiger partial charge is 0.193 e. The molecule has 3 aromatic rings. The molecular weight excluding hydrogens is 422 g/mol. The minimum Gasteiger partial charge on any atom is -0.378 e. The minimum atomic E-state index is -0.0565. The summed E-state index contributed by atoms with van der Waals surface area (Å²) in [5, 5.41) is 3.49. The summed E-state index contributed by atoms with van der Waals surface area (Å²) in [6.45, 7) is 2.58. The molecule has 0 radical (unpaired) electrons. The van der Waals surface area contributed by atoms with Gasteiger partial charge in [-0.25, -0.2) is 0 Å². The van der Waals surface area contributed by atoms with Gasteiger partial charge in [-0.3, -0.25) is 9.59 Å². The number of benzene rings is 3. The van der Waals surface area contributed by atoms with Gasteiger partial charge < -0.3 is 10.1 Å². The molecule has 1 N–H and O–H groups in total. The number of rotatable bonds is 7. The summed E-state index contributed by atoms with van der Waals surface area (Å²) in [6.07, 6.45) is 4.39. The van der Waals surface area contributed by atoms with Gasteiger partial charge in [0.05, 0.1) is 6.10 Å². The number of piperidine rings is 1. The predicted octanol–water partition coefficient (Wildman–Crippen LogP) is 5.80. The Hall–Kier alpha value is -3.08. The minimum absolute atomic E-state index is 0.0214. The molecule has 2 unspecified atom stereocenters. The lowest BCUT2D eigenvalue weighted by Gasteiger charge is -2.27. The molecule has 4 nitrogen and oxygen atoms in total. The molecule has 2 aliphatic heterocycles. The van der Waals surface area contributed by atoms with Crippen LogP contribution in [-0.2, 0) is 4.74 Å².